The number of hydrogen-bond acceptors (Lipinski definition) is 4. The summed E-state index contributed by atoms with van der Waals surface area (Å²) in [6.07, 6.45) is 1.78. The molecule has 0 saturated heterocycles. The van der Waals surface area contributed by atoms with E-state index in [0.29, 0.717) is 11.5 Å². The van der Waals surface area contributed by atoms with Crippen LogP contribution in [0.3, 0.4) is 0 Å². The molecule has 88 valence electrons. The molecule has 1 aromatic rings. The van der Waals surface area contributed by atoms with E-state index in [2.05, 4.69) is 26.2 Å². The van der Waals surface area contributed by atoms with Crippen LogP contribution in [0.4, 0.5) is 11.5 Å². The molecule has 0 radical (unpaired) electrons. The van der Waals surface area contributed by atoms with Crippen molar-refractivity contribution in [2.75, 3.05) is 11.1 Å². The lowest BCUT2D eigenvalue weighted by atomic mass is 10.0. The second-order valence-electron chi connectivity index (χ2n) is 4.25. The van der Waals surface area contributed by atoms with Gasteiger partial charge in [-0.3, -0.25) is 4.79 Å². The number of nitrogens with zero attached hydrogens (tertiary/aromatic N) is 1. The first-order valence-electron chi connectivity index (χ1n) is 4.78. The fourth-order valence-corrected chi connectivity index (χ4v) is 1.81. The number of nitrogens with two attached hydrogens (primary N) is 2. The van der Waals surface area contributed by atoms with Gasteiger partial charge in [0.25, 0.3) is 0 Å². The van der Waals surface area contributed by atoms with E-state index in [1.807, 2.05) is 13.8 Å². The third-order valence-electron chi connectivity index (χ3n) is 1.94. The summed E-state index contributed by atoms with van der Waals surface area (Å²) >= 11 is 3.34. The van der Waals surface area contributed by atoms with Gasteiger partial charge < -0.3 is 16.8 Å². The Morgan fingerprint density at radius 1 is 1.62 bits per heavy atom. The lowest BCUT2D eigenvalue weighted by Gasteiger charge is -2.26. The number of carbonyl (C=O) groups excluding carboxylic acids is 1. The Labute approximate surface area is 103 Å². The molecule has 0 atom stereocenters. The zero-order valence-corrected chi connectivity index (χ0v) is 10.8. The molecule has 5 N–H and O–H groups in total. The zero-order valence-electron chi connectivity index (χ0n) is 9.25. The Bertz CT molecular complexity index is 406. The van der Waals surface area contributed by atoms with Crippen LogP contribution in [0.25, 0.3) is 0 Å². The largest absolute Gasteiger partial charge is 0.397 e. The standard InChI is InChI=1S/C10H15BrN4O/c1-10(2,4-8(13)16)15-9-7(11)3-6(12)5-14-9/h3,5H,4,12H2,1-2H3,(H2,13,16)(H,14,15). The number of nitrogen functional groups attached to an aromatic ring is 1. The van der Waals surface area contributed by atoms with Crippen LogP contribution in [-0.4, -0.2) is 16.4 Å². The maximum Gasteiger partial charge on any atom is 0.219 e. The molecule has 1 aromatic heterocycles. The summed E-state index contributed by atoms with van der Waals surface area (Å²) in [6.45, 7) is 3.75. The lowest BCUT2D eigenvalue weighted by Crippen LogP contribution is -2.36. The summed E-state index contributed by atoms with van der Waals surface area (Å²) in [4.78, 5) is 15.0. The van der Waals surface area contributed by atoms with E-state index < -0.39 is 5.54 Å². The summed E-state index contributed by atoms with van der Waals surface area (Å²) in [5.41, 5.74) is 10.9. The van der Waals surface area contributed by atoms with E-state index in [0.717, 1.165) is 4.47 Å². The van der Waals surface area contributed by atoms with Gasteiger partial charge in [0, 0.05) is 12.0 Å². The first-order valence-corrected chi connectivity index (χ1v) is 5.57. The van der Waals surface area contributed by atoms with Crippen LogP contribution in [-0.2, 0) is 4.79 Å². The number of halogens is 1. The number of amides is 1. The smallest absolute Gasteiger partial charge is 0.219 e. The molecule has 0 bridgehead atoms. The van der Waals surface area contributed by atoms with Crippen molar-refractivity contribution in [3.8, 4) is 0 Å². The van der Waals surface area contributed by atoms with Crippen LogP contribution in [0.5, 0.6) is 0 Å². The minimum absolute atomic E-state index is 0.228. The average Bonchev–Trinajstić information content (AvgIpc) is 2.07. The van der Waals surface area contributed by atoms with Gasteiger partial charge in [-0.25, -0.2) is 4.98 Å². The summed E-state index contributed by atoms with van der Waals surface area (Å²) in [6, 6.07) is 1.75. The van der Waals surface area contributed by atoms with E-state index in [1.165, 1.54) is 0 Å². The summed E-state index contributed by atoms with van der Waals surface area (Å²) in [5, 5.41) is 3.13. The lowest BCUT2D eigenvalue weighted by molar-refractivity contribution is -0.118. The maximum absolute atomic E-state index is 10.9. The second-order valence-corrected chi connectivity index (χ2v) is 5.11. The van der Waals surface area contributed by atoms with Crippen molar-refractivity contribution < 1.29 is 4.79 Å². The molecule has 1 heterocycles. The monoisotopic (exact) mass is 286 g/mol. The van der Waals surface area contributed by atoms with Gasteiger partial charge in [-0.1, -0.05) is 0 Å². The van der Waals surface area contributed by atoms with Gasteiger partial charge in [-0.15, -0.1) is 0 Å². The third-order valence-corrected chi connectivity index (χ3v) is 2.54. The van der Waals surface area contributed by atoms with Crippen molar-refractivity contribution >= 4 is 33.3 Å². The number of primary amides is 1. The first kappa shape index (κ1) is 12.8. The minimum Gasteiger partial charge on any atom is -0.397 e. The van der Waals surface area contributed by atoms with Crippen molar-refractivity contribution in [3.63, 3.8) is 0 Å². The van der Waals surface area contributed by atoms with Crippen molar-refractivity contribution in [3.05, 3.63) is 16.7 Å². The number of anilines is 2. The van der Waals surface area contributed by atoms with Crippen LogP contribution in [0, 0.1) is 0 Å². The molecule has 0 spiro atoms. The number of carbonyl (C=O) groups is 1. The predicted molar refractivity (Wildman–Crippen MR) is 67.9 cm³/mol. The normalized spacial score (nSPS) is 11.2. The van der Waals surface area contributed by atoms with Crippen LogP contribution >= 0.6 is 15.9 Å². The van der Waals surface area contributed by atoms with E-state index in [4.69, 9.17) is 11.5 Å². The van der Waals surface area contributed by atoms with E-state index in [1.54, 1.807) is 12.3 Å². The Balaban J connectivity index is 2.83. The van der Waals surface area contributed by atoms with Gasteiger partial charge in [0.1, 0.15) is 5.82 Å². The Kier molecular flexibility index (Phi) is 3.74. The zero-order chi connectivity index (χ0) is 12.3. The SMILES string of the molecule is CC(C)(CC(N)=O)Nc1ncc(N)cc1Br. The quantitative estimate of drug-likeness (QED) is 0.782. The molecule has 0 unspecified atom stereocenters. The molecule has 16 heavy (non-hydrogen) atoms. The average molecular weight is 287 g/mol. The van der Waals surface area contributed by atoms with Gasteiger partial charge in [0.05, 0.1) is 16.4 Å². The molecule has 0 aliphatic heterocycles. The molecule has 0 aromatic carbocycles. The first-order chi connectivity index (χ1) is 7.30. The number of aromatic nitrogens is 1. The van der Waals surface area contributed by atoms with Crippen molar-refractivity contribution in [1.82, 2.24) is 4.98 Å². The summed E-state index contributed by atoms with van der Waals surface area (Å²) < 4.78 is 0.755. The van der Waals surface area contributed by atoms with Crippen LogP contribution in [0.2, 0.25) is 0 Å². The Hall–Kier alpha value is -1.30. The molecule has 0 fully saturated rings. The minimum atomic E-state index is -0.447. The van der Waals surface area contributed by atoms with Crippen molar-refractivity contribution in [2.24, 2.45) is 5.73 Å². The topological polar surface area (TPSA) is 94.0 Å². The van der Waals surface area contributed by atoms with Gasteiger partial charge in [0.15, 0.2) is 0 Å². The number of nitrogens with one attached hydrogen (secondary N) is 1. The number of hydrogen-bond donors (Lipinski definition) is 3. The number of rotatable bonds is 4. The van der Waals surface area contributed by atoms with Gasteiger partial charge in [-0.05, 0) is 35.8 Å². The Morgan fingerprint density at radius 3 is 2.75 bits per heavy atom. The molecular formula is C10H15BrN4O. The fourth-order valence-electron chi connectivity index (χ4n) is 1.34. The summed E-state index contributed by atoms with van der Waals surface area (Å²) in [7, 11) is 0. The highest BCUT2D eigenvalue weighted by Gasteiger charge is 2.21. The van der Waals surface area contributed by atoms with Gasteiger partial charge in [0.2, 0.25) is 5.91 Å². The van der Waals surface area contributed by atoms with Crippen molar-refractivity contribution in [1.29, 1.82) is 0 Å². The molecule has 6 heteroatoms. The Morgan fingerprint density at radius 2 is 2.25 bits per heavy atom. The molecular weight excluding hydrogens is 272 g/mol. The molecule has 0 saturated carbocycles. The highest BCUT2D eigenvalue weighted by molar-refractivity contribution is 9.10. The number of pyridine rings is 1. The van der Waals surface area contributed by atoms with Crippen LogP contribution in [0.15, 0.2) is 16.7 Å². The van der Waals surface area contributed by atoms with E-state index in [9.17, 15) is 4.79 Å². The molecule has 1 amide bonds. The molecule has 0 aliphatic rings. The maximum atomic E-state index is 10.9. The fraction of sp³-hybridized carbons (Fsp3) is 0.400. The van der Waals surface area contributed by atoms with Crippen molar-refractivity contribution in [2.45, 2.75) is 25.8 Å². The highest BCUT2D eigenvalue weighted by Crippen LogP contribution is 2.25. The second kappa shape index (κ2) is 4.69. The summed E-state index contributed by atoms with van der Waals surface area (Å²) in [5.74, 6) is 0.282. The molecule has 0 aliphatic carbocycles. The van der Waals surface area contributed by atoms with Gasteiger partial charge >= 0.3 is 0 Å². The van der Waals surface area contributed by atoms with Crippen LogP contribution < -0.4 is 16.8 Å². The van der Waals surface area contributed by atoms with Crippen LogP contribution in [0.1, 0.15) is 20.3 Å². The highest BCUT2D eigenvalue weighted by atomic mass is 79.9. The van der Waals surface area contributed by atoms with Gasteiger partial charge in [-0.2, -0.15) is 0 Å². The third kappa shape index (κ3) is 3.69. The predicted octanol–water partition coefficient (Wildman–Crippen LogP) is 1.49. The molecule has 1 rings (SSSR count). The van der Waals surface area contributed by atoms with E-state index >= 15 is 0 Å². The van der Waals surface area contributed by atoms with E-state index in [-0.39, 0.29) is 12.3 Å². The molecule has 5 nitrogen and oxygen atoms in total.